The largest absolute Gasteiger partial charge is 0.573 e. The van der Waals surface area contributed by atoms with E-state index in [0.29, 0.717) is 53.9 Å². The first-order valence-corrected chi connectivity index (χ1v) is 10.1. The maximum atomic E-state index is 12.9. The van der Waals surface area contributed by atoms with E-state index in [9.17, 15) is 23.1 Å². The molecule has 1 aromatic heterocycles. The van der Waals surface area contributed by atoms with Crippen LogP contribution in [0.15, 0.2) is 48.8 Å². The Labute approximate surface area is 181 Å². The van der Waals surface area contributed by atoms with Crippen LogP contribution in [0.1, 0.15) is 29.6 Å². The zero-order valence-corrected chi connectivity index (χ0v) is 17.0. The van der Waals surface area contributed by atoms with E-state index in [4.69, 9.17) is 0 Å². The van der Waals surface area contributed by atoms with Gasteiger partial charge in [0, 0.05) is 29.7 Å². The summed E-state index contributed by atoms with van der Waals surface area (Å²) in [6.07, 6.45) is -1.78. The smallest absolute Gasteiger partial charge is 0.406 e. The van der Waals surface area contributed by atoms with Crippen LogP contribution in [-0.2, 0) is 0 Å². The second-order valence-electron chi connectivity index (χ2n) is 7.53. The quantitative estimate of drug-likeness (QED) is 0.623. The molecule has 0 saturated carbocycles. The van der Waals surface area contributed by atoms with E-state index in [2.05, 4.69) is 20.0 Å². The van der Waals surface area contributed by atoms with Gasteiger partial charge in [-0.15, -0.1) is 13.2 Å². The topological polar surface area (TPSA) is 87.6 Å². The van der Waals surface area contributed by atoms with Gasteiger partial charge in [-0.05, 0) is 61.7 Å². The van der Waals surface area contributed by atoms with E-state index in [-0.39, 0.29) is 17.8 Å². The molecule has 4 rings (SSSR count). The molecule has 0 aliphatic carbocycles. The first-order valence-electron chi connectivity index (χ1n) is 10.1. The first kappa shape index (κ1) is 21.8. The SMILES string of the molecule is O=C(c1ccc2c(Nc3ccc(OC(F)(F)F)cc3)ncnc2c1)N1CCCC(O)CC1. The van der Waals surface area contributed by atoms with Gasteiger partial charge in [-0.3, -0.25) is 4.79 Å². The third-order valence-electron chi connectivity index (χ3n) is 5.22. The lowest BCUT2D eigenvalue weighted by molar-refractivity contribution is -0.274. The Morgan fingerprint density at radius 1 is 1.09 bits per heavy atom. The Kier molecular flexibility index (Phi) is 6.13. The average molecular weight is 446 g/mol. The number of alkyl halides is 3. The summed E-state index contributed by atoms with van der Waals surface area (Å²) < 4.78 is 40.8. The van der Waals surface area contributed by atoms with Crippen molar-refractivity contribution in [2.75, 3.05) is 18.4 Å². The number of anilines is 2. The van der Waals surface area contributed by atoms with Gasteiger partial charge in [0.15, 0.2) is 0 Å². The minimum Gasteiger partial charge on any atom is -0.406 e. The number of aliphatic hydroxyl groups excluding tert-OH is 1. The molecular formula is C22H21F3N4O3. The molecule has 2 aromatic carbocycles. The number of hydrogen-bond donors (Lipinski definition) is 2. The third kappa shape index (κ3) is 5.25. The number of fused-ring (bicyclic) bond motifs is 1. The van der Waals surface area contributed by atoms with Crippen LogP contribution < -0.4 is 10.1 Å². The van der Waals surface area contributed by atoms with E-state index in [1.807, 2.05) is 0 Å². The van der Waals surface area contributed by atoms with Gasteiger partial charge in [0.2, 0.25) is 0 Å². The molecule has 1 fully saturated rings. The van der Waals surface area contributed by atoms with Crippen LogP contribution in [0.5, 0.6) is 5.75 Å². The summed E-state index contributed by atoms with van der Waals surface area (Å²) in [5.41, 5.74) is 1.57. The van der Waals surface area contributed by atoms with E-state index in [1.165, 1.54) is 30.6 Å². The number of halogens is 3. The van der Waals surface area contributed by atoms with E-state index < -0.39 is 6.36 Å². The fourth-order valence-electron chi connectivity index (χ4n) is 3.63. The molecule has 2 N–H and O–H groups in total. The summed E-state index contributed by atoms with van der Waals surface area (Å²) >= 11 is 0. The Morgan fingerprint density at radius 2 is 1.88 bits per heavy atom. The lowest BCUT2D eigenvalue weighted by Crippen LogP contribution is -2.32. The average Bonchev–Trinajstić information content (AvgIpc) is 2.98. The standard InChI is InChI=1S/C22H21F3N4O3/c23-22(24,25)32-17-6-4-15(5-7-17)28-20-18-8-3-14(12-19(18)26-13-27-20)21(31)29-10-1-2-16(30)9-11-29/h3-8,12-13,16,30H,1-2,9-11H2,(H,26,27,28). The number of ether oxygens (including phenoxy) is 1. The van der Waals surface area contributed by atoms with E-state index in [1.54, 1.807) is 23.1 Å². The van der Waals surface area contributed by atoms with Crippen molar-refractivity contribution in [2.24, 2.45) is 0 Å². The molecule has 7 nitrogen and oxygen atoms in total. The summed E-state index contributed by atoms with van der Waals surface area (Å²) in [5, 5.41) is 13.5. The number of amides is 1. The predicted molar refractivity (Wildman–Crippen MR) is 112 cm³/mol. The molecule has 1 atom stereocenters. The van der Waals surface area contributed by atoms with E-state index >= 15 is 0 Å². The highest BCUT2D eigenvalue weighted by Gasteiger charge is 2.31. The molecule has 1 amide bonds. The van der Waals surface area contributed by atoms with Crippen LogP contribution in [0.3, 0.4) is 0 Å². The van der Waals surface area contributed by atoms with Gasteiger partial charge in [0.05, 0.1) is 11.6 Å². The maximum absolute atomic E-state index is 12.9. The van der Waals surface area contributed by atoms with Gasteiger partial charge >= 0.3 is 6.36 Å². The molecule has 3 aromatic rings. The Bertz CT molecular complexity index is 1110. The second kappa shape index (κ2) is 8.99. The van der Waals surface area contributed by atoms with E-state index in [0.717, 1.165) is 6.42 Å². The number of hydrogen-bond acceptors (Lipinski definition) is 6. The number of carbonyl (C=O) groups is 1. The van der Waals surface area contributed by atoms with Crippen LogP contribution in [0.4, 0.5) is 24.7 Å². The minimum atomic E-state index is -4.75. The van der Waals surface area contributed by atoms with Crippen LogP contribution in [0.25, 0.3) is 10.9 Å². The van der Waals surface area contributed by atoms with Crippen LogP contribution in [0.2, 0.25) is 0 Å². The highest BCUT2D eigenvalue weighted by atomic mass is 19.4. The molecule has 1 unspecified atom stereocenters. The molecule has 32 heavy (non-hydrogen) atoms. The number of benzene rings is 2. The van der Waals surface area contributed by atoms with Crippen molar-refractivity contribution < 1.29 is 27.8 Å². The lowest BCUT2D eigenvalue weighted by atomic mass is 10.1. The number of aliphatic hydroxyl groups is 1. The van der Waals surface area contributed by atoms with Crippen molar-refractivity contribution in [3.05, 3.63) is 54.4 Å². The summed E-state index contributed by atoms with van der Waals surface area (Å²) in [4.78, 5) is 23.1. The van der Waals surface area contributed by atoms with Gasteiger partial charge in [-0.1, -0.05) is 0 Å². The van der Waals surface area contributed by atoms with Gasteiger partial charge in [0.25, 0.3) is 5.91 Å². The molecule has 1 aliphatic heterocycles. The molecule has 10 heteroatoms. The number of carbonyl (C=O) groups excluding carboxylic acids is 1. The monoisotopic (exact) mass is 446 g/mol. The predicted octanol–water partition coefficient (Wildman–Crippen LogP) is 4.26. The van der Waals surface area contributed by atoms with Crippen LogP contribution >= 0.6 is 0 Å². The number of likely N-dealkylation sites (tertiary alicyclic amines) is 1. The van der Waals surface area contributed by atoms with Crippen LogP contribution in [-0.4, -0.2) is 51.4 Å². The van der Waals surface area contributed by atoms with Gasteiger partial charge in [0.1, 0.15) is 17.9 Å². The van der Waals surface area contributed by atoms with Crippen molar-refractivity contribution in [1.29, 1.82) is 0 Å². The second-order valence-corrected chi connectivity index (χ2v) is 7.53. The summed E-state index contributed by atoms with van der Waals surface area (Å²) in [5.74, 6) is 0.0190. The number of nitrogens with one attached hydrogen (secondary N) is 1. The molecular weight excluding hydrogens is 425 g/mol. The number of nitrogens with zero attached hydrogens (tertiary/aromatic N) is 3. The van der Waals surface area contributed by atoms with Crippen molar-refractivity contribution in [3.63, 3.8) is 0 Å². The Hall–Kier alpha value is -3.40. The fourth-order valence-corrected chi connectivity index (χ4v) is 3.63. The van der Waals surface area contributed by atoms with Crippen molar-refractivity contribution in [1.82, 2.24) is 14.9 Å². The minimum absolute atomic E-state index is 0.116. The molecule has 0 spiro atoms. The zero-order chi connectivity index (χ0) is 22.7. The van der Waals surface area contributed by atoms with Crippen molar-refractivity contribution in [3.8, 4) is 5.75 Å². The molecule has 1 saturated heterocycles. The van der Waals surface area contributed by atoms with Gasteiger partial charge < -0.3 is 20.1 Å². The zero-order valence-electron chi connectivity index (χ0n) is 17.0. The maximum Gasteiger partial charge on any atom is 0.573 e. The summed E-state index contributed by atoms with van der Waals surface area (Å²) in [6, 6.07) is 10.4. The summed E-state index contributed by atoms with van der Waals surface area (Å²) in [6.45, 7) is 1.10. The normalized spacial score (nSPS) is 17.1. The third-order valence-corrected chi connectivity index (χ3v) is 5.22. The number of aromatic nitrogens is 2. The fraction of sp³-hybridized carbons (Fsp3) is 0.318. The highest BCUT2D eigenvalue weighted by molar-refractivity contribution is 6.00. The molecule has 0 radical (unpaired) electrons. The molecule has 0 bridgehead atoms. The Morgan fingerprint density at radius 3 is 2.62 bits per heavy atom. The first-order chi connectivity index (χ1) is 15.3. The van der Waals surface area contributed by atoms with Gasteiger partial charge in [-0.2, -0.15) is 0 Å². The van der Waals surface area contributed by atoms with Crippen molar-refractivity contribution in [2.45, 2.75) is 31.7 Å². The van der Waals surface area contributed by atoms with Crippen molar-refractivity contribution >= 4 is 28.3 Å². The molecule has 168 valence electrons. The molecule has 1 aliphatic rings. The van der Waals surface area contributed by atoms with Gasteiger partial charge in [-0.25, -0.2) is 9.97 Å². The molecule has 2 heterocycles. The highest BCUT2D eigenvalue weighted by Crippen LogP contribution is 2.27. The lowest BCUT2D eigenvalue weighted by Gasteiger charge is -2.20. The number of rotatable bonds is 4. The Balaban J connectivity index is 1.52. The van der Waals surface area contributed by atoms with Crippen LogP contribution in [0, 0.1) is 0 Å². The summed E-state index contributed by atoms with van der Waals surface area (Å²) in [7, 11) is 0.